The van der Waals surface area contributed by atoms with Crippen LogP contribution in [0.2, 0.25) is 0 Å². The molecule has 0 aromatic heterocycles. The van der Waals surface area contributed by atoms with Gasteiger partial charge in [-0.25, -0.2) is 13.1 Å². The van der Waals surface area contributed by atoms with Crippen LogP contribution < -0.4 is 4.72 Å². The number of aliphatic carboxylic acids is 1. The number of ether oxygens (including phenoxy) is 1. The summed E-state index contributed by atoms with van der Waals surface area (Å²) >= 11 is 0. The second kappa shape index (κ2) is 9.28. The van der Waals surface area contributed by atoms with E-state index in [1.165, 1.54) is 0 Å². The number of hydrogen-bond acceptors (Lipinski definition) is 5. The van der Waals surface area contributed by atoms with Gasteiger partial charge in [0.15, 0.2) is 0 Å². The summed E-state index contributed by atoms with van der Waals surface area (Å²) in [6, 6.07) is 9.60. The number of likely N-dealkylation sites (N-methyl/N-ethyl adjacent to an activating group) is 1. The summed E-state index contributed by atoms with van der Waals surface area (Å²) in [6.07, 6.45) is 1.29. The highest BCUT2D eigenvalue weighted by atomic mass is 32.2. The minimum absolute atomic E-state index is 0.00599. The molecule has 2 rings (SSSR count). The second-order valence-electron chi connectivity index (χ2n) is 6.25. The van der Waals surface area contributed by atoms with Crippen LogP contribution in [0.5, 0.6) is 0 Å². The van der Waals surface area contributed by atoms with E-state index in [1.54, 1.807) is 0 Å². The van der Waals surface area contributed by atoms with Crippen molar-refractivity contribution in [3.05, 3.63) is 35.9 Å². The number of nitrogens with zero attached hydrogens (tertiary/aromatic N) is 1. The van der Waals surface area contributed by atoms with E-state index in [0.29, 0.717) is 26.0 Å². The maximum absolute atomic E-state index is 12.1. The summed E-state index contributed by atoms with van der Waals surface area (Å²) in [5, 5.41) is 8.87. The third kappa shape index (κ3) is 6.74. The quantitative estimate of drug-likeness (QED) is 0.566. The normalized spacial score (nSPS) is 20.4. The molecule has 0 amide bonds. The van der Waals surface area contributed by atoms with Crippen molar-refractivity contribution in [2.45, 2.75) is 38.5 Å². The van der Waals surface area contributed by atoms with Crippen LogP contribution in [0, 0.1) is 0 Å². The Labute approximate surface area is 149 Å². The van der Waals surface area contributed by atoms with Gasteiger partial charge >= 0.3 is 5.97 Å². The van der Waals surface area contributed by atoms with Crippen LogP contribution in [-0.4, -0.2) is 61.9 Å². The topological polar surface area (TPSA) is 95.9 Å². The van der Waals surface area contributed by atoms with Crippen LogP contribution in [0.15, 0.2) is 30.3 Å². The predicted octanol–water partition coefficient (Wildman–Crippen LogP) is 1.06. The molecule has 8 heteroatoms. The van der Waals surface area contributed by atoms with Crippen LogP contribution in [0.25, 0.3) is 0 Å². The molecule has 0 radical (unpaired) electrons. The number of carboxylic acids is 1. The number of sulfonamides is 1. The molecule has 0 unspecified atom stereocenters. The first-order valence-electron chi connectivity index (χ1n) is 8.47. The SMILES string of the molecule is CCN(CC(=O)O)C1CC(NS(=O)(=O)CCOCc2ccccc2)C1. The lowest BCUT2D eigenvalue weighted by Gasteiger charge is -2.42. The molecular formula is C17H26N2O5S. The lowest BCUT2D eigenvalue weighted by Crippen LogP contribution is -2.55. The third-order valence-corrected chi connectivity index (χ3v) is 5.72. The fraction of sp³-hybridized carbons (Fsp3) is 0.588. The van der Waals surface area contributed by atoms with Crippen molar-refractivity contribution >= 4 is 16.0 Å². The molecule has 0 aliphatic heterocycles. The molecule has 1 saturated carbocycles. The molecule has 0 spiro atoms. The van der Waals surface area contributed by atoms with Gasteiger partial charge < -0.3 is 9.84 Å². The van der Waals surface area contributed by atoms with E-state index >= 15 is 0 Å². The zero-order valence-corrected chi connectivity index (χ0v) is 15.2. The molecule has 2 N–H and O–H groups in total. The van der Waals surface area contributed by atoms with Crippen molar-refractivity contribution in [3.8, 4) is 0 Å². The number of carbonyl (C=O) groups is 1. The molecule has 0 saturated heterocycles. The standard InChI is InChI=1S/C17H26N2O5S/c1-2-19(12-17(20)21)16-10-15(11-16)18-25(22,23)9-8-24-13-14-6-4-3-5-7-14/h3-7,15-16,18H,2,8-13H2,1H3,(H,20,21). The highest BCUT2D eigenvalue weighted by Crippen LogP contribution is 2.26. The summed E-state index contributed by atoms with van der Waals surface area (Å²) < 4.78 is 32.2. The van der Waals surface area contributed by atoms with E-state index in [4.69, 9.17) is 9.84 Å². The van der Waals surface area contributed by atoms with Gasteiger partial charge in [0.25, 0.3) is 0 Å². The number of hydrogen-bond donors (Lipinski definition) is 2. The van der Waals surface area contributed by atoms with E-state index in [1.807, 2.05) is 42.2 Å². The number of benzene rings is 1. The first-order chi connectivity index (χ1) is 11.9. The lowest BCUT2D eigenvalue weighted by molar-refractivity contribution is -0.139. The van der Waals surface area contributed by atoms with E-state index in [9.17, 15) is 13.2 Å². The lowest BCUT2D eigenvalue weighted by atomic mass is 9.86. The molecule has 1 aliphatic rings. The van der Waals surface area contributed by atoms with Crippen molar-refractivity contribution in [3.63, 3.8) is 0 Å². The monoisotopic (exact) mass is 370 g/mol. The Morgan fingerprint density at radius 2 is 2.00 bits per heavy atom. The van der Waals surface area contributed by atoms with Crippen LogP contribution in [-0.2, 0) is 26.2 Å². The molecule has 0 bridgehead atoms. The van der Waals surface area contributed by atoms with Gasteiger partial charge in [0.1, 0.15) is 0 Å². The Morgan fingerprint density at radius 1 is 1.32 bits per heavy atom. The van der Waals surface area contributed by atoms with Gasteiger partial charge in [0.2, 0.25) is 10.0 Å². The fourth-order valence-electron chi connectivity index (χ4n) is 2.90. The minimum Gasteiger partial charge on any atom is -0.480 e. The van der Waals surface area contributed by atoms with Crippen molar-refractivity contribution in [2.75, 3.05) is 25.4 Å². The average Bonchev–Trinajstić information content (AvgIpc) is 2.53. The zero-order valence-electron chi connectivity index (χ0n) is 14.4. The van der Waals surface area contributed by atoms with Crippen molar-refractivity contribution < 1.29 is 23.1 Å². The third-order valence-electron chi connectivity index (χ3n) is 4.33. The summed E-state index contributed by atoms with van der Waals surface area (Å²) in [5.41, 5.74) is 1.01. The van der Waals surface area contributed by atoms with Gasteiger partial charge in [-0.1, -0.05) is 37.3 Å². The zero-order chi connectivity index (χ0) is 18.3. The van der Waals surface area contributed by atoms with Gasteiger partial charge in [-0.15, -0.1) is 0 Å². The molecule has 1 fully saturated rings. The smallest absolute Gasteiger partial charge is 0.317 e. The predicted molar refractivity (Wildman–Crippen MR) is 94.7 cm³/mol. The molecule has 0 atom stereocenters. The summed E-state index contributed by atoms with van der Waals surface area (Å²) in [4.78, 5) is 12.7. The number of nitrogens with one attached hydrogen (secondary N) is 1. The number of carboxylic acid groups (broad SMARTS) is 1. The van der Waals surface area contributed by atoms with E-state index < -0.39 is 16.0 Å². The Balaban J connectivity index is 1.66. The second-order valence-corrected chi connectivity index (χ2v) is 8.13. The molecule has 140 valence electrons. The molecule has 25 heavy (non-hydrogen) atoms. The minimum atomic E-state index is -3.38. The Hall–Kier alpha value is -1.48. The van der Waals surface area contributed by atoms with Gasteiger partial charge in [-0.3, -0.25) is 9.69 Å². The summed E-state index contributed by atoms with van der Waals surface area (Å²) in [6.45, 7) is 3.07. The van der Waals surface area contributed by atoms with E-state index in [2.05, 4.69) is 4.72 Å². The van der Waals surface area contributed by atoms with E-state index in [0.717, 1.165) is 5.56 Å². The highest BCUT2D eigenvalue weighted by molar-refractivity contribution is 7.89. The first kappa shape index (κ1) is 19.8. The molecule has 1 aromatic carbocycles. The Kier molecular flexibility index (Phi) is 7.37. The maximum atomic E-state index is 12.1. The van der Waals surface area contributed by atoms with Crippen LogP contribution in [0.3, 0.4) is 0 Å². The molecule has 7 nitrogen and oxygen atoms in total. The number of rotatable bonds is 11. The first-order valence-corrected chi connectivity index (χ1v) is 10.1. The molecule has 0 heterocycles. The highest BCUT2D eigenvalue weighted by Gasteiger charge is 2.35. The average molecular weight is 370 g/mol. The van der Waals surface area contributed by atoms with E-state index in [-0.39, 0.29) is 31.0 Å². The van der Waals surface area contributed by atoms with Gasteiger partial charge in [-0.05, 0) is 24.9 Å². The molecular weight excluding hydrogens is 344 g/mol. The van der Waals surface area contributed by atoms with Crippen LogP contribution in [0.1, 0.15) is 25.3 Å². The van der Waals surface area contributed by atoms with Crippen molar-refractivity contribution in [2.24, 2.45) is 0 Å². The van der Waals surface area contributed by atoms with Crippen molar-refractivity contribution in [1.82, 2.24) is 9.62 Å². The Bertz CT molecular complexity index is 644. The van der Waals surface area contributed by atoms with Gasteiger partial charge in [0, 0.05) is 12.1 Å². The Morgan fingerprint density at radius 3 is 2.60 bits per heavy atom. The van der Waals surface area contributed by atoms with Crippen molar-refractivity contribution in [1.29, 1.82) is 0 Å². The summed E-state index contributed by atoms with van der Waals surface area (Å²) in [5.74, 6) is -0.936. The van der Waals surface area contributed by atoms with Gasteiger partial charge in [0.05, 0.1) is 25.5 Å². The maximum Gasteiger partial charge on any atom is 0.317 e. The fourth-order valence-corrected chi connectivity index (χ4v) is 4.06. The van der Waals surface area contributed by atoms with Crippen LogP contribution >= 0.6 is 0 Å². The van der Waals surface area contributed by atoms with Crippen LogP contribution in [0.4, 0.5) is 0 Å². The molecule has 1 aliphatic carbocycles. The molecule has 1 aromatic rings. The van der Waals surface area contributed by atoms with Gasteiger partial charge in [-0.2, -0.15) is 0 Å². The largest absolute Gasteiger partial charge is 0.480 e. The summed E-state index contributed by atoms with van der Waals surface area (Å²) in [7, 11) is -3.38.